The van der Waals surface area contributed by atoms with Crippen molar-refractivity contribution in [3.05, 3.63) is 16.6 Å². The summed E-state index contributed by atoms with van der Waals surface area (Å²) in [5.41, 5.74) is 0. The van der Waals surface area contributed by atoms with E-state index in [0.717, 1.165) is 0 Å². The van der Waals surface area contributed by atoms with Crippen molar-refractivity contribution < 1.29 is 19.8 Å². The Morgan fingerprint density at radius 1 is 1.59 bits per heavy atom. The maximum atomic E-state index is 11.3. The summed E-state index contributed by atoms with van der Waals surface area (Å²) in [6.07, 6.45) is 0.438. The lowest BCUT2D eigenvalue weighted by Crippen LogP contribution is -2.50. The number of carboxylic acid groups (broad SMARTS) is 1. The van der Waals surface area contributed by atoms with E-state index in [1.807, 2.05) is 0 Å². The molecule has 4 N–H and O–H groups in total. The Labute approximate surface area is 101 Å². The number of hydrogen-bond acceptors (Lipinski definition) is 5. The van der Waals surface area contributed by atoms with Crippen molar-refractivity contribution in [1.29, 1.82) is 0 Å². The molecule has 0 aliphatic carbocycles. The van der Waals surface area contributed by atoms with Gasteiger partial charge in [0.15, 0.2) is 6.04 Å². The highest BCUT2D eigenvalue weighted by Crippen LogP contribution is 2.02. The van der Waals surface area contributed by atoms with Crippen LogP contribution in [-0.2, 0) is 11.3 Å². The molecule has 0 saturated heterocycles. The zero-order valence-corrected chi connectivity index (χ0v) is 9.90. The van der Waals surface area contributed by atoms with Crippen LogP contribution in [0.25, 0.3) is 0 Å². The number of carbonyl (C=O) groups excluding carboxylic acids is 1. The summed E-state index contributed by atoms with van der Waals surface area (Å²) >= 11 is 1.38. The Hall–Kier alpha value is -1.67. The number of carboxylic acids is 1. The van der Waals surface area contributed by atoms with Gasteiger partial charge >= 0.3 is 12.0 Å². The first-order valence-corrected chi connectivity index (χ1v) is 5.72. The molecule has 0 fully saturated rings. The third-order valence-electron chi connectivity index (χ3n) is 1.92. The predicted molar refractivity (Wildman–Crippen MR) is 60.6 cm³/mol. The summed E-state index contributed by atoms with van der Waals surface area (Å²) in [6.45, 7) is 1.51. The molecule has 2 unspecified atom stereocenters. The van der Waals surface area contributed by atoms with Gasteiger partial charge in [-0.2, -0.15) is 0 Å². The number of thiazole rings is 1. The Bertz CT molecular complexity index is 380. The van der Waals surface area contributed by atoms with Crippen molar-refractivity contribution in [2.24, 2.45) is 0 Å². The Morgan fingerprint density at radius 2 is 2.29 bits per heavy atom. The van der Waals surface area contributed by atoms with Crippen LogP contribution in [0, 0.1) is 0 Å². The Morgan fingerprint density at radius 3 is 2.76 bits per heavy atom. The lowest BCUT2D eigenvalue weighted by Gasteiger charge is -2.17. The molecular weight excluding hydrogens is 246 g/mol. The van der Waals surface area contributed by atoms with Crippen LogP contribution in [0.1, 0.15) is 11.9 Å². The highest BCUT2D eigenvalue weighted by Gasteiger charge is 2.24. The smallest absolute Gasteiger partial charge is 0.328 e. The average Bonchev–Trinajstić information content (AvgIpc) is 2.74. The zero-order chi connectivity index (χ0) is 12.8. The highest BCUT2D eigenvalue weighted by molar-refractivity contribution is 7.09. The molecule has 17 heavy (non-hydrogen) atoms. The number of hydrogen-bond donors (Lipinski definition) is 4. The molecule has 1 rings (SSSR count). The molecule has 0 spiro atoms. The lowest BCUT2D eigenvalue weighted by molar-refractivity contribution is -0.141. The van der Waals surface area contributed by atoms with Crippen LogP contribution in [0.2, 0.25) is 0 Å². The predicted octanol–water partition coefficient (Wildman–Crippen LogP) is -0.224. The van der Waals surface area contributed by atoms with Crippen LogP contribution < -0.4 is 10.6 Å². The van der Waals surface area contributed by atoms with Crippen molar-refractivity contribution in [1.82, 2.24) is 15.6 Å². The number of rotatable bonds is 5. The summed E-state index contributed by atoms with van der Waals surface area (Å²) < 4.78 is 0. The molecule has 0 bridgehead atoms. The molecule has 8 heteroatoms. The normalized spacial score (nSPS) is 13.8. The van der Waals surface area contributed by atoms with E-state index in [-0.39, 0.29) is 6.54 Å². The minimum absolute atomic E-state index is 0.218. The van der Waals surface area contributed by atoms with E-state index in [9.17, 15) is 9.59 Å². The molecule has 2 atom stereocenters. The highest BCUT2D eigenvalue weighted by atomic mass is 32.1. The van der Waals surface area contributed by atoms with E-state index in [0.29, 0.717) is 5.01 Å². The molecule has 7 nitrogen and oxygen atoms in total. The molecular formula is C9H13N3O4S. The second-order valence-corrected chi connectivity index (χ2v) is 4.29. The molecule has 2 amide bonds. The molecule has 0 aliphatic rings. The maximum absolute atomic E-state index is 11.3. The van der Waals surface area contributed by atoms with E-state index in [1.165, 1.54) is 18.3 Å². The molecule has 0 radical (unpaired) electrons. The number of nitrogens with zero attached hydrogens (tertiary/aromatic N) is 1. The zero-order valence-electron chi connectivity index (χ0n) is 9.08. The van der Waals surface area contributed by atoms with Crippen molar-refractivity contribution in [3.8, 4) is 0 Å². The minimum atomic E-state index is -1.33. The summed E-state index contributed by atoms with van der Waals surface area (Å²) in [7, 11) is 0. The monoisotopic (exact) mass is 259 g/mol. The van der Waals surface area contributed by atoms with E-state index >= 15 is 0 Å². The number of aliphatic carboxylic acids is 1. The third-order valence-corrected chi connectivity index (χ3v) is 2.70. The van der Waals surface area contributed by atoms with Crippen molar-refractivity contribution in [3.63, 3.8) is 0 Å². The van der Waals surface area contributed by atoms with Gasteiger partial charge in [-0.25, -0.2) is 14.6 Å². The minimum Gasteiger partial charge on any atom is -0.480 e. The first kappa shape index (κ1) is 13.4. The molecule has 0 aromatic carbocycles. The second kappa shape index (κ2) is 6.16. The third kappa shape index (κ3) is 4.37. The molecule has 94 valence electrons. The van der Waals surface area contributed by atoms with Gasteiger partial charge in [0.2, 0.25) is 0 Å². The molecule has 1 aromatic rings. The Kier molecular flexibility index (Phi) is 4.85. The van der Waals surface area contributed by atoms with Gasteiger partial charge in [0.25, 0.3) is 0 Å². The number of aliphatic hydroxyl groups is 1. The summed E-state index contributed by atoms with van der Waals surface area (Å²) in [5.74, 6) is -1.29. The van der Waals surface area contributed by atoms with E-state index in [1.54, 1.807) is 11.6 Å². The Balaban J connectivity index is 2.40. The van der Waals surface area contributed by atoms with Gasteiger partial charge in [-0.3, -0.25) is 0 Å². The summed E-state index contributed by atoms with van der Waals surface area (Å²) in [4.78, 5) is 26.0. The number of urea groups is 1. The van der Waals surface area contributed by atoms with Gasteiger partial charge in [-0.15, -0.1) is 11.3 Å². The number of aromatic nitrogens is 1. The standard InChI is InChI=1S/C9H13N3O4S/c1-5(13)7(8(14)15)12-9(16)11-4-6-10-2-3-17-6/h2-3,5,7,13H,4H2,1H3,(H,14,15)(H2,11,12,16). The van der Waals surface area contributed by atoms with E-state index in [4.69, 9.17) is 10.2 Å². The SMILES string of the molecule is CC(O)C(NC(=O)NCc1nccs1)C(=O)O. The average molecular weight is 259 g/mol. The fraction of sp³-hybridized carbons (Fsp3) is 0.444. The molecule has 0 aliphatic heterocycles. The summed E-state index contributed by atoms with van der Waals surface area (Å²) in [6, 6.07) is -1.99. The quantitative estimate of drug-likeness (QED) is 0.584. The van der Waals surface area contributed by atoms with Crippen LogP contribution in [0.15, 0.2) is 11.6 Å². The molecule has 0 saturated carbocycles. The number of aliphatic hydroxyl groups excluding tert-OH is 1. The number of nitrogens with one attached hydrogen (secondary N) is 2. The molecule has 1 heterocycles. The van der Waals surface area contributed by atoms with Crippen LogP contribution in [0.5, 0.6) is 0 Å². The second-order valence-electron chi connectivity index (χ2n) is 3.31. The van der Waals surface area contributed by atoms with E-state index < -0.39 is 24.1 Å². The maximum Gasteiger partial charge on any atom is 0.328 e. The van der Waals surface area contributed by atoms with Crippen LogP contribution in [-0.4, -0.2) is 39.3 Å². The topological polar surface area (TPSA) is 112 Å². The fourth-order valence-electron chi connectivity index (χ4n) is 1.08. The van der Waals surface area contributed by atoms with Gasteiger partial charge < -0.3 is 20.8 Å². The lowest BCUT2D eigenvalue weighted by atomic mass is 10.2. The van der Waals surface area contributed by atoms with Crippen molar-refractivity contribution in [2.75, 3.05) is 0 Å². The summed E-state index contributed by atoms with van der Waals surface area (Å²) in [5, 5.41) is 25.0. The van der Waals surface area contributed by atoms with Crippen LogP contribution >= 0.6 is 11.3 Å². The van der Waals surface area contributed by atoms with Gasteiger partial charge in [0, 0.05) is 11.6 Å². The van der Waals surface area contributed by atoms with Crippen molar-refractivity contribution >= 4 is 23.3 Å². The van der Waals surface area contributed by atoms with Crippen molar-refractivity contribution in [2.45, 2.75) is 25.6 Å². The largest absolute Gasteiger partial charge is 0.480 e. The van der Waals surface area contributed by atoms with Gasteiger partial charge in [0.05, 0.1) is 12.6 Å². The number of amides is 2. The van der Waals surface area contributed by atoms with Crippen LogP contribution in [0.3, 0.4) is 0 Å². The van der Waals surface area contributed by atoms with Gasteiger partial charge in [-0.05, 0) is 6.92 Å². The van der Waals surface area contributed by atoms with Gasteiger partial charge in [-0.1, -0.05) is 0 Å². The van der Waals surface area contributed by atoms with Gasteiger partial charge in [0.1, 0.15) is 5.01 Å². The molecule has 1 aromatic heterocycles. The van der Waals surface area contributed by atoms with Crippen LogP contribution in [0.4, 0.5) is 4.79 Å². The fourth-order valence-corrected chi connectivity index (χ4v) is 1.63. The first-order valence-electron chi connectivity index (χ1n) is 4.84. The first-order chi connectivity index (χ1) is 8.00. The van der Waals surface area contributed by atoms with E-state index in [2.05, 4.69) is 15.6 Å². The number of carbonyl (C=O) groups is 2.